The molecular formula is C14H31NO3. The largest absolute Gasteiger partial charge is 0.389 e. The Bertz CT molecular complexity index is 156. The highest BCUT2D eigenvalue weighted by molar-refractivity contribution is 4.58. The van der Waals surface area contributed by atoms with Gasteiger partial charge < -0.3 is 19.9 Å². The third-order valence-electron chi connectivity index (χ3n) is 2.62. The van der Waals surface area contributed by atoms with Gasteiger partial charge in [-0.3, -0.25) is 0 Å². The predicted octanol–water partition coefficient (Wildman–Crippen LogP) is 1.96. The van der Waals surface area contributed by atoms with Gasteiger partial charge in [0.05, 0.1) is 12.7 Å². The molecule has 18 heavy (non-hydrogen) atoms. The van der Waals surface area contributed by atoms with Crippen LogP contribution in [0.2, 0.25) is 0 Å². The summed E-state index contributed by atoms with van der Waals surface area (Å²) in [4.78, 5) is 0. The van der Waals surface area contributed by atoms with Crippen molar-refractivity contribution < 1.29 is 14.6 Å². The summed E-state index contributed by atoms with van der Waals surface area (Å²) < 4.78 is 10.8. The first-order valence-corrected chi connectivity index (χ1v) is 7.35. The zero-order valence-corrected chi connectivity index (χ0v) is 12.1. The number of hydrogen-bond donors (Lipinski definition) is 2. The van der Waals surface area contributed by atoms with Crippen LogP contribution in [0.4, 0.5) is 0 Å². The molecule has 0 aromatic carbocycles. The molecule has 0 amide bonds. The Labute approximate surface area is 112 Å². The summed E-state index contributed by atoms with van der Waals surface area (Å²) in [7, 11) is 0. The molecule has 0 spiro atoms. The first-order chi connectivity index (χ1) is 8.81. The molecule has 0 fully saturated rings. The van der Waals surface area contributed by atoms with Gasteiger partial charge in [0.1, 0.15) is 0 Å². The van der Waals surface area contributed by atoms with Crippen LogP contribution in [-0.4, -0.2) is 50.7 Å². The molecule has 0 aliphatic carbocycles. The van der Waals surface area contributed by atoms with E-state index in [2.05, 4.69) is 19.2 Å². The van der Waals surface area contributed by atoms with E-state index in [-0.39, 0.29) is 0 Å². The van der Waals surface area contributed by atoms with Crippen LogP contribution in [0.15, 0.2) is 0 Å². The van der Waals surface area contributed by atoms with Crippen LogP contribution < -0.4 is 5.32 Å². The molecule has 0 aromatic rings. The number of aliphatic hydroxyl groups is 1. The van der Waals surface area contributed by atoms with Gasteiger partial charge in [-0.05, 0) is 25.8 Å². The average Bonchev–Trinajstić information content (AvgIpc) is 2.38. The molecule has 2 N–H and O–H groups in total. The topological polar surface area (TPSA) is 50.7 Å². The van der Waals surface area contributed by atoms with E-state index in [0.717, 1.165) is 52.0 Å². The number of unbranched alkanes of at least 4 members (excludes halogenated alkanes) is 2. The summed E-state index contributed by atoms with van der Waals surface area (Å²) in [5.41, 5.74) is 0. The molecule has 0 aliphatic rings. The van der Waals surface area contributed by atoms with Gasteiger partial charge in [-0.15, -0.1) is 0 Å². The maximum Gasteiger partial charge on any atom is 0.0897 e. The summed E-state index contributed by atoms with van der Waals surface area (Å²) in [6.45, 7) is 8.62. The zero-order valence-electron chi connectivity index (χ0n) is 12.1. The second kappa shape index (κ2) is 14.9. The molecule has 4 heteroatoms. The molecule has 0 aromatic heterocycles. The van der Waals surface area contributed by atoms with E-state index in [1.54, 1.807) is 0 Å². The fourth-order valence-electron chi connectivity index (χ4n) is 1.44. The molecular weight excluding hydrogens is 230 g/mol. The van der Waals surface area contributed by atoms with E-state index in [9.17, 15) is 5.11 Å². The second-order valence-electron chi connectivity index (χ2n) is 4.61. The zero-order chi connectivity index (χ0) is 13.5. The average molecular weight is 261 g/mol. The molecule has 4 nitrogen and oxygen atoms in total. The standard InChI is InChI=1S/C14H31NO3/c1-3-5-9-17-11-7-8-15-12-14(16)13-18-10-6-4-2/h14-16H,3-13H2,1-2H3. The van der Waals surface area contributed by atoms with E-state index in [1.165, 1.54) is 6.42 Å². The summed E-state index contributed by atoms with van der Waals surface area (Å²) in [6.07, 6.45) is 5.11. The first kappa shape index (κ1) is 17.8. The minimum Gasteiger partial charge on any atom is -0.389 e. The number of aliphatic hydroxyl groups excluding tert-OH is 1. The lowest BCUT2D eigenvalue weighted by Gasteiger charge is -2.12. The Morgan fingerprint density at radius 2 is 1.56 bits per heavy atom. The van der Waals surface area contributed by atoms with Crippen LogP contribution in [0.25, 0.3) is 0 Å². The van der Waals surface area contributed by atoms with E-state index >= 15 is 0 Å². The highest BCUT2D eigenvalue weighted by Crippen LogP contribution is 1.91. The lowest BCUT2D eigenvalue weighted by Crippen LogP contribution is -2.31. The molecule has 0 heterocycles. The monoisotopic (exact) mass is 261 g/mol. The van der Waals surface area contributed by atoms with Crippen molar-refractivity contribution in [3.05, 3.63) is 0 Å². The predicted molar refractivity (Wildman–Crippen MR) is 74.9 cm³/mol. The molecule has 0 radical (unpaired) electrons. The minimum absolute atomic E-state index is 0.400. The molecule has 1 atom stereocenters. The Hall–Kier alpha value is -0.160. The van der Waals surface area contributed by atoms with Gasteiger partial charge in [0.2, 0.25) is 0 Å². The highest BCUT2D eigenvalue weighted by Gasteiger charge is 2.02. The summed E-state index contributed by atoms with van der Waals surface area (Å²) in [5, 5.41) is 12.8. The van der Waals surface area contributed by atoms with Crippen LogP contribution >= 0.6 is 0 Å². The molecule has 0 saturated carbocycles. The van der Waals surface area contributed by atoms with Crippen LogP contribution in [0.5, 0.6) is 0 Å². The lowest BCUT2D eigenvalue weighted by atomic mass is 10.3. The lowest BCUT2D eigenvalue weighted by molar-refractivity contribution is 0.0356. The Kier molecular flexibility index (Phi) is 14.8. The van der Waals surface area contributed by atoms with Gasteiger partial charge in [0, 0.05) is 26.4 Å². The van der Waals surface area contributed by atoms with Crippen molar-refractivity contribution >= 4 is 0 Å². The van der Waals surface area contributed by atoms with Gasteiger partial charge in [0.15, 0.2) is 0 Å². The molecule has 0 aliphatic heterocycles. The summed E-state index contributed by atoms with van der Waals surface area (Å²) in [6, 6.07) is 0. The molecule has 0 saturated heterocycles. The summed E-state index contributed by atoms with van der Waals surface area (Å²) >= 11 is 0. The van der Waals surface area contributed by atoms with Gasteiger partial charge in [-0.1, -0.05) is 26.7 Å². The van der Waals surface area contributed by atoms with Crippen molar-refractivity contribution in [2.24, 2.45) is 0 Å². The van der Waals surface area contributed by atoms with Crippen molar-refractivity contribution in [3.63, 3.8) is 0 Å². The van der Waals surface area contributed by atoms with E-state index in [0.29, 0.717) is 13.2 Å². The normalized spacial score (nSPS) is 12.8. The Morgan fingerprint density at radius 3 is 2.22 bits per heavy atom. The smallest absolute Gasteiger partial charge is 0.0897 e. The van der Waals surface area contributed by atoms with Crippen LogP contribution in [-0.2, 0) is 9.47 Å². The van der Waals surface area contributed by atoms with Crippen LogP contribution in [0.1, 0.15) is 46.0 Å². The van der Waals surface area contributed by atoms with Gasteiger partial charge in [-0.2, -0.15) is 0 Å². The molecule has 110 valence electrons. The maximum absolute atomic E-state index is 9.60. The Balaban J connectivity index is 3.08. The van der Waals surface area contributed by atoms with Crippen molar-refractivity contribution in [1.29, 1.82) is 0 Å². The Morgan fingerprint density at radius 1 is 0.944 bits per heavy atom. The summed E-state index contributed by atoms with van der Waals surface area (Å²) in [5.74, 6) is 0. The van der Waals surface area contributed by atoms with Crippen molar-refractivity contribution in [2.45, 2.75) is 52.1 Å². The molecule has 0 rings (SSSR count). The molecule has 1 unspecified atom stereocenters. The highest BCUT2D eigenvalue weighted by atomic mass is 16.5. The molecule has 0 bridgehead atoms. The van der Waals surface area contributed by atoms with Crippen molar-refractivity contribution in [2.75, 3.05) is 39.5 Å². The third-order valence-corrected chi connectivity index (χ3v) is 2.62. The number of hydrogen-bond acceptors (Lipinski definition) is 4. The SMILES string of the molecule is CCCCOCCCNCC(O)COCCCC. The van der Waals surface area contributed by atoms with Gasteiger partial charge in [-0.25, -0.2) is 0 Å². The maximum atomic E-state index is 9.60. The third kappa shape index (κ3) is 13.9. The van der Waals surface area contributed by atoms with Gasteiger partial charge >= 0.3 is 0 Å². The van der Waals surface area contributed by atoms with E-state index < -0.39 is 6.10 Å². The van der Waals surface area contributed by atoms with E-state index in [1.807, 2.05) is 0 Å². The van der Waals surface area contributed by atoms with Crippen molar-refractivity contribution in [1.82, 2.24) is 5.32 Å². The van der Waals surface area contributed by atoms with Crippen LogP contribution in [0, 0.1) is 0 Å². The number of rotatable bonds is 14. The quantitative estimate of drug-likeness (QED) is 0.469. The number of ether oxygens (including phenoxy) is 2. The van der Waals surface area contributed by atoms with Gasteiger partial charge in [0.25, 0.3) is 0 Å². The second-order valence-corrected chi connectivity index (χ2v) is 4.61. The minimum atomic E-state index is -0.400. The number of nitrogens with one attached hydrogen (secondary N) is 1. The fourth-order valence-corrected chi connectivity index (χ4v) is 1.44. The van der Waals surface area contributed by atoms with E-state index in [4.69, 9.17) is 9.47 Å². The van der Waals surface area contributed by atoms with Crippen LogP contribution in [0.3, 0.4) is 0 Å². The fraction of sp³-hybridized carbons (Fsp3) is 1.00. The first-order valence-electron chi connectivity index (χ1n) is 7.35. The van der Waals surface area contributed by atoms with Crippen molar-refractivity contribution in [3.8, 4) is 0 Å².